The second-order valence-corrected chi connectivity index (χ2v) is 9.61. The first kappa shape index (κ1) is 24.0. The lowest BCUT2D eigenvalue weighted by Gasteiger charge is -2.43. The summed E-state index contributed by atoms with van der Waals surface area (Å²) in [5, 5.41) is 2.99. The number of hydrogen-bond acceptors (Lipinski definition) is 4. The molecule has 4 atom stereocenters. The first-order valence-corrected chi connectivity index (χ1v) is 12.6. The van der Waals surface area contributed by atoms with E-state index in [1.807, 2.05) is 30.3 Å². The van der Waals surface area contributed by atoms with Crippen LogP contribution in [0.25, 0.3) is 17.2 Å². The monoisotopic (exact) mass is 487 g/mol. The minimum Gasteiger partial charge on any atom is -0.450 e. The Kier molecular flexibility index (Phi) is 6.98. The number of allylic oxidation sites excluding steroid dienone is 1. The molecule has 1 fully saturated rings. The maximum absolute atomic E-state index is 13.6. The van der Waals surface area contributed by atoms with Gasteiger partial charge in [0.1, 0.15) is 5.82 Å². The van der Waals surface area contributed by atoms with Gasteiger partial charge in [0.2, 0.25) is 0 Å². The lowest BCUT2D eigenvalue weighted by Crippen LogP contribution is -2.45. The van der Waals surface area contributed by atoms with Crippen LogP contribution in [0.2, 0.25) is 0 Å². The summed E-state index contributed by atoms with van der Waals surface area (Å²) in [6, 6.07) is 12.4. The zero-order chi connectivity index (χ0) is 25.1. The predicted molar refractivity (Wildman–Crippen MR) is 137 cm³/mol. The number of nitrogens with one attached hydrogen (secondary N) is 2. The molecule has 0 radical (unpaired) electrons. The van der Waals surface area contributed by atoms with E-state index in [1.54, 1.807) is 25.4 Å². The number of alkyl carbamates (subject to hydrolysis) is 1. The van der Waals surface area contributed by atoms with Crippen LogP contribution in [0, 0.1) is 17.7 Å². The van der Waals surface area contributed by atoms with Crippen LogP contribution in [0.4, 0.5) is 9.18 Å². The first-order valence-electron chi connectivity index (χ1n) is 12.6. The van der Waals surface area contributed by atoms with Crippen LogP contribution in [0.15, 0.2) is 65.7 Å². The van der Waals surface area contributed by atoms with E-state index in [9.17, 15) is 14.0 Å². The number of nitrogens with zero attached hydrogens (tertiary/aromatic N) is 1. The van der Waals surface area contributed by atoms with Crippen molar-refractivity contribution in [2.75, 3.05) is 6.61 Å². The molecule has 2 aliphatic rings. The fourth-order valence-corrected chi connectivity index (χ4v) is 5.80. The number of carbonyl (C=O) groups is 1. The van der Waals surface area contributed by atoms with E-state index in [4.69, 9.17) is 4.74 Å². The smallest absolute Gasteiger partial charge is 0.407 e. The molecule has 2 aliphatic carbocycles. The van der Waals surface area contributed by atoms with Gasteiger partial charge < -0.3 is 15.0 Å². The van der Waals surface area contributed by atoms with Crippen LogP contribution in [0.3, 0.4) is 0 Å². The third-order valence-corrected chi connectivity index (χ3v) is 7.44. The van der Waals surface area contributed by atoms with Crippen molar-refractivity contribution in [1.82, 2.24) is 15.3 Å². The molecule has 3 aromatic rings. The molecule has 1 amide bonds. The molecule has 7 heteroatoms. The standard InChI is InChI=1S/C29H30FN3O3/c1-2-36-29(35)33-23-9-10-24-20(15-23)16-27-26(12-13-31-28(27)34)25(24)11-8-22-7-6-19(17-32-22)18-4-3-5-21(30)14-18/h3-8,11-14,17,20,23-25H,2,9-10,15-16H2,1H3,(H,31,34)(H,33,35)/b11-8+/t20-,23-,24+,25-/m0/s1. The molecule has 5 rings (SSSR count). The molecule has 0 aliphatic heterocycles. The van der Waals surface area contributed by atoms with Gasteiger partial charge >= 0.3 is 6.09 Å². The summed E-state index contributed by atoms with van der Waals surface area (Å²) in [6.45, 7) is 2.14. The van der Waals surface area contributed by atoms with Crippen LogP contribution >= 0.6 is 0 Å². The van der Waals surface area contributed by atoms with E-state index in [-0.39, 0.29) is 29.4 Å². The van der Waals surface area contributed by atoms with Crippen molar-refractivity contribution in [3.8, 4) is 11.1 Å². The van der Waals surface area contributed by atoms with Gasteiger partial charge in [-0.15, -0.1) is 0 Å². The molecule has 1 aromatic carbocycles. The molecule has 36 heavy (non-hydrogen) atoms. The highest BCUT2D eigenvalue weighted by atomic mass is 19.1. The van der Waals surface area contributed by atoms with Gasteiger partial charge in [-0.2, -0.15) is 0 Å². The van der Waals surface area contributed by atoms with Crippen LogP contribution < -0.4 is 10.9 Å². The van der Waals surface area contributed by atoms with Crippen molar-refractivity contribution < 1.29 is 13.9 Å². The van der Waals surface area contributed by atoms with Gasteiger partial charge in [-0.1, -0.05) is 24.3 Å². The highest BCUT2D eigenvalue weighted by molar-refractivity contribution is 5.67. The van der Waals surface area contributed by atoms with Gasteiger partial charge in [-0.3, -0.25) is 9.78 Å². The second kappa shape index (κ2) is 10.5. The molecule has 1 saturated carbocycles. The summed E-state index contributed by atoms with van der Waals surface area (Å²) < 4.78 is 18.6. The van der Waals surface area contributed by atoms with E-state index in [2.05, 4.69) is 21.4 Å². The first-order chi connectivity index (χ1) is 17.5. The Morgan fingerprint density at radius 1 is 1.22 bits per heavy atom. The van der Waals surface area contributed by atoms with Crippen LogP contribution in [0.5, 0.6) is 0 Å². The van der Waals surface area contributed by atoms with E-state index in [1.165, 1.54) is 12.1 Å². The molecule has 0 saturated heterocycles. The number of carbonyl (C=O) groups excluding carboxylic acids is 1. The molecule has 6 nitrogen and oxygen atoms in total. The Morgan fingerprint density at radius 2 is 2.11 bits per heavy atom. The number of benzene rings is 1. The Labute approximate surface area is 209 Å². The van der Waals surface area contributed by atoms with E-state index in [0.29, 0.717) is 24.9 Å². The SMILES string of the molecule is CCOC(=O)N[C@H]1CC[C@@H]2[C@H](Cc3c(cc[nH]c3=O)[C@H]2/C=C/c2ccc(-c3cccc(F)c3)cn2)C1. The molecule has 2 N–H and O–H groups in total. The van der Waals surface area contributed by atoms with Crippen molar-refractivity contribution >= 4 is 12.2 Å². The Balaban J connectivity index is 1.37. The molecule has 0 spiro atoms. The van der Waals surface area contributed by atoms with Crippen molar-refractivity contribution in [3.05, 3.63) is 93.9 Å². The predicted octanol–water partition coefficient (Wildman–Crippen LogP) is 5.46. The fraction of sp³-hybridized carbons (Fsp3) is 0.345. The molecule has 0 unspecified atom stereocenters. The van der Waals surface area contributed by atoms with Crippen molar-refractivity contribution in [3.63, 3.8) is 0 Å². The maximum atomic E-state index is 13.6. The number of rotatable bonds is 5. The van der Waals surface area contributed by atoms with Crippen LogP contribution in [-0.4, -0.2) is 28.7 Å². The Morgan fingerprint density at radius 3 is 2.89 bits per heavy atom. The summed E-state index contributed by atoms with van der Waals surface area (Å²) in [5.41, 5.74) is 4.32. The number of amides is 1. The number of ether oxygens (including phenoxy) is 1. The van der Waals surface area contributed by atoms with Crippen molar-refractivity contribution in [1.29, 1.82) is 0 Å². The number of aromatic nitrogens is 2. The third-order valence-electron chi connectivity index (χ3n) is 7.44. The van der Waals surface area contributed by atoms with Gasteiger partial charge in [0, 0.05) is 35.5 Å². The fourth-order valence-electron chi connectivity index (χ4n) is 5.80. The summed E-state index contributed by atoms with van der Waals surface area (Å²) in [7, 11) is 0. The average molecular weight is 488 g/mol. The van der Waals surface area contributed by atoms with Crippen LogP contribution in [-0.2, 0) is 11.2 Å². The number of halogens is 1. The van der Waals surface area contributed by atoms with Crippen LogP contribution in [0.1, 0.15) is 48.9 Å². The van der Waals surface area contributed by atoms with E-state index in [0.717, 1.165) is 47.2 Å². The summed E-state index contributed by atoms with van der Waals surface area (Å²) in [5.74, 6) is 0.487. The lowest BCUT2D eigenvalue weighted by atomic mass is 9.62. The minimum atomic E-state index is -0.376. The summed E-state index contributed by atoms with van der Waals surface area (Å²) in [6.07, 6.45) is 10.6. The quantitative estimate of drug-likeness (QED) is 0.501. The van der Waals surface area contributed by atoms with Gasteiger partial charge in [0.15, 0.2) is 0 Å². The highest BCUT2D eigenvalue weighted by Crippen LogP contribution is 2.46. The Hall–Kier alpha value is -3.74. The van der Waals surface area contributed by atoms with Gasteiger partial charge in [0.25, 0.3) is 5.56 Å². The second-order valence-electron chi connectivity index (χ2n) is 9.61. The molecule has 2 heterocycles. The summed E-state index contributed by atoms with van der Waals surface area (Å²) in [4.78, 5) is 32.0. The zero-order valence-corrected chi connectivity index (χ0v) is 20.2. The van der Waals surface area contributed by atoms with Crippen molar-refractivity contribution in [2.24, 2.45) is 11.8 Å². The third kappa shape index (κ3) is 5.10. The molecular weight excluding hydrogens is 457 g/mol. The highest BCUT2D eigenvalue weighted by Gasteiger charge is 2.40. The van der Waals surface area contributed by atoms with E-state index < -0.39 is 0 Å². The van der Waals surface area contributed by atoms with E-state index >= 15 is 0 Å². The number of hydrogen-bond donors (Lipinski definition) is 2. The number of H-pyrrole nitrogens is 1. The summed E-state index contributed by atoms with van der Waals surface area (Å²) >= 11 is 0. The number of aromatic amines is 1. The van der Waals surface area contributed by atoms with Gasteiger partial charge in [0.05, 0.1) is 12.3 Å². The minimum absolute atomic E-state index is 0.0394. The van der Waals surface area contributed by atoms with Gasteiger partial charge in [-0.25, -0.2) is 9.18 Å². The topological polar surface area (TPSA) is 84.1 Å². The lowest BCUT2D eigenvalue weighted by molar-refractivity contribution is 0.129. The molecular formula is C29H30FN3O3. The number of pyridine rings is 2. The largest absolute Gasteiger partial charge is 0.450 e. The Bertz CT molecular complexity index is 1320. The molecule has 2 aromatic heterocycles. The van der Waals surface area contributed by atoms with Crippen molar-refractivity contribution in [2.45, 2.75) is 44.6 Å². The normalized spacial score (nSPS) is 23.1. The number of fused-ring (bicyclic) bond motifs is 2. The zero-order valence-electron chi connectivity index (χ0n) is 20.2. The molecule has 186 valence electrons. The molecule has 0 bridgehead atoms. The maximum Gasteiger partial charge on any atom is 0.407 e. The average Bonchev–Trinajstić information content (AvgIpc) is 2.87. The van der Waals surface area contributed by atoms with Gasteiger partial charge in [-0.05, 0) is 85.9 Å².